The molecule has 4 nitrogen and oxygen atoms in total. The fourth-order valence-corrected chi connectivity index (χ4v) is 3.07. The molecule has 3 aromatic rings. The number of rotatable bonds is 3. The van der Waals surface area contributed by atoms with Gasteiger partial charge in [-0.15, -0.1) is 0 Å². The van der Waals surface area contributed by atoms with E-state index in [9.17, 15) is 4.57 Å². The molecule has 1 aromatic heterocycles. The Morgan fingerprint density at radius 1 is 1.10 bits per heavy atom. The van der Waals surface area contributed by atoms with Crippen molar-refractivity contribution in [2.45, 2.75) is 13.5 Å². The van der Waals surface area contributed by atoms with Crippen LogP contribution in [0.4, 0.5) is 0 Å². The molecule has 0 aliphatic heterocycles. The summed E-state index contributed by atoms with van der Waals surface area (Å²) >= 11 is 0. The molecule has 0 unspecified atom stereocenters. The molecule has 0 spiro atoms. The first-order valence-corrected chi connectivity index (χ1v) is 8.43. The number of hydrogen-bond donors (Lipinski definition) is 2. The molecular weight excluding hydrogens is 285 g/mol. The molecule has 3 rings (SSSR count). The van der Waals surface area contributed by atoms with Gasteiger partial charge in [-0.1, -0.05) is 24.3 Å². The second-order valence-electron chi connectivity index (χ2n) is 4.94. The molecule has 0 amide bonds. The highest BCUT2D eigenvalue weighted by atomic mass is 31.2. The van der Waals surface area contributed by atoms with Gasteiger partial charge < -0.3 is 14.4 Å². The van der Waals surface area contributed by atoms with Crippen molar-refractivity contribution in [1.82, 2.24) is 4.57 Å². The Labute approximate surface area is 122 Å². The maximum absolute atomic E-state index is 10.9. The Hall–Kier alpha value is -1.87. The van der Waals surface area contributed by atoms with Crippen molar-refractivity contribution in [1.29, 1.82) is 0 Å². The summed E-state index contributed by atoms with van der Waals surface area (Å²) < 4.78 is 13.2. The third kappa shape index (κ3) is 2.66. The highest BCUT2D eigenvalue weighted by Gasteiger charge is 2.10. The Morgan fingerprint density at radius 2 is 1.81 bits per heavy atom. The van der Waals surface area contributed by atoms with Gasteiger partial charge in [-0.3, -0.25) is 4.57 Å². The summed E-state index contributed by atoms with van der Waals surface area (Å²) in [5.41, 5.74) is 3.09. The number of fused-ring (bicyclic) bond motifs is 3. The van der Waals surface area contributed by atoms with E-state index in [1.807, 2.05) is 30.3 Å². The fraction of sp³-hybridized carbons (Fsp3) is 0.125. The molecule has 108 valence electrons. The van der Waals surface area contributed by atoms with E-state index in [4.69, 9.17) is 9.79 Å². The van der Waals surface area contributed by atoms with Crippen LogP contribution in [0.3, 0.4) is 0 Å². The lowest BCUT2D eigenvalue weighted by molar-refractivity contribution is 0.386. The minimum absolute atomic E-state index is 0.782. The van der Waals surface area contributed by atoms with Crippen LogP contribution in [0.5, 0.6) is 0 Å². The average molecular weight is 301 g/mol. The highest BCUT2D eigenvalue weighted by molar-refractivity contribution is 7.55. The molecule has 0 saturated carbocycles. The molecule has 0 aliphatic rings. The zero-order chi connectivity index (χ0) is 15.0. The summed E-state index contributed by atoms with van der Waals surface area (Å²) in [5, 5.41) is 2.25. The van der Waals surface area contributed by atoms with Gasteiger partial charge in [0.05, 0.1) is 0 Å². The molecule has 2 N–H and O–H groups in total. The predicted octanol–water partition coefficient (Wildman–Crippen LogP) is 3.96. The first-order chi connectivity index (χ1) is 9.99. The molecule has 5 heteroatoms. The van der Waals surface area contributed by atoms with Crippen molar-refractivity contribution in [3.63, 3.8) is 0 Å². The fourth-order valence-electron chi connectivity index (χ4n) is 2.70. The topological polar surface area (TPSA) is 62.5 Å². The minimum Gasteiger partial charge on any atom is -0.341 e. The lowest BCUT2D eigenvalue weighted by Crippen LogP contribution is -1.92. The van der Waals surface area contributed by atoms with E-state index in [0.29, 0.717) is 0 Å². The number of aryl methyl sites for hydroxylation is 1. The number of nitrogens with zero attached hydrogens (tertiary/aromatic N) is 1. The Balaban J connectivity index is 2.24. The van der Waals surface area contributed by atoms with Crippen molar-refractivity contribution < 1.29 is 14.4 Å². The van der Waals surface area contributed by atoms with Crippen molar-refractivity contribution in [2.75, 3.05) is 0 Å². The normalized spacial score (nSPS) is 12.7. The molecule has 0 fully saturated rings. The van der Waals surface area contributed by atoms with Crippen LogP contribution in [-0.4, -0.2) is 14.4 Å². The number of hydrogen-bond acceptors (Lipinski definition) is 1. The lowest BCUT2D eigenvalue weighted by atomic mass is 10.1. The Morgan fingerprint density at radius 3 is 2.52 bits per heavy atom. The predicted molar refractivity (Wildman–Crippen MR) is 86.2 cm³/mol. The maximum atomic E-state index is 10.9. The van der Waals surface area contributed by atoms with E-state index in [1.165, 1.54) is 11.6 Å². The largest absolute Gasteiger partial charge is 0.349 e. The van der Waals surface area contributed by atoms with E-state index in [0.717, 1.165) is 34.2 Å². The molecule has 2 aromatic carbocycles. The molecule has 0 atom stereocenters. The van der Waals surface area contributed by atoms with Gasteiger partial charge in [0.1, 0.15) is 0 Å². The van der Waals surface area contributed by atoms with Crippen molar-refractivity contribution in [2.24, 2.45) is 0 Å². The van der Waals surface area contributed by atoms with Crippen molar-refractivity contribution in [3.05, 3.63) is 53.8 Å². The van der Waals surface area contributed by atoms with Gasteiger partial charge in [0, 0.05) is 34.2 Å². The second-order valence-corrected chi connectivity index (χ2v) is 6.42. The monoisotopic (exact) mass is 301 g/mol. The van der Waals surface area contributed by atoms with Crippen LogP contribution in [0.2, 0.25) is 0 Å². The molecule has 21 heavy (non-hydrogen) atoms. The van der Waals surface area contributed by atoms with E-state index >= 15 is 0 Å². The smallest absolute Gasteiger partial charge is 0.341 e. The first-order valence-electron chi connectivity index (χ1n) is 6.75. The van der Waals surface area contributed by atoms with Crippen molar-refractivity contribution in [3.8, 4) is 0 Å². The van der Waals surface area contributed by atoms with Gasteiger partial charge in [0.25, 0.3) is 0 Å². The summed E-state index contributed by atoms with van der Waals surface area (Å²) in [6.45, 7) is 2.98. The third-order valence-electron chi connectivity index (χ3n) is 3.57. The van der Waals surface area contributed by atoms with E-state index in [1.54, 1.807) is 0 Å². The van der Waals surface area contributed by atoms with Crippen LogP contribution in [0.1, 0.15) is 12.5 Å². The van der Waals surface area contributed by atoms with Gasteiger partial charge in [0.2, 0.25) is 0 Å². The molecule has 0 radical (unpaired) electrons. The van der Waals surface area contributed by atoms with Gasteiger partial charge in [-0.05, 0) is 36.8 Å². The summed E-state index contributed by atoms with van der Waals surface area (Å²) in [4.78, 5) is 17.9. The summed E-state index contributed by atoms with van der Waals surface area (Å²) in [6, 6.07) is 14.0. The molecule has 0 saturated heterocycles. The zero-order valence-corrected chi connectivity index (χ0v) is 12.5. The SMILES string of the molecule is CCn1c2ccccc2c2cc(C=CP(=O)(O)O)ccc21. The number of para-hydroxylation sites is 1. The summed E-state index contributed by atoms with van der Waals surface area (Å²) in [5.74, 6) is 0.938. The van der Waals surface area contributed by atoms with Crippen LogP contribution in [0, 0.1) is 0 Å². The minimum atomic E-state index is -4.13. The summed E-state index contributed by atoms with van der Waals surface area (Å²) in [7, 11) is -4.13. The van der Waals surface area contributed by atoms with Crippen LogP contribution in [0.25, 0.3) is 27.9 Å². The quantitative estimate of drug-likeness (QED) is 0.720. The maximum Gasteiger partial charge on any atom is 0.349 e. The Kier molecular flexibility index (Phi) is 3.46. The van der Waals surface area contributed by atoms with E-state index in [-0.39, 0.29) is 0 Å². The van der Waals surface area contributed by atoms with E-state index in [2.05, 4.69) is 23.6 Å². The number of aromatic nitrogens is 1. The molecule has 0 bridgehead atoms. The molecule has 1 heterocycles. The highest BCUT2D eigenvalue weighted by Crippen LogP contribution is 2.37. The van der Waals surface area contributed by atoms with Gasteiger partial charge >= 0.3 is 7.60 Å². The first kappa shape index (κ1) is 14.1. The summed E-state index contributed by atoms with van der Waals surface area (Å²) in [6.07, 6.45) is 1.47. The van der Waals surface area contributed by atoms with E-state index < -0.39 is 7.60 Å². The number of benzene rings is 2. The van der Waals surface area contributed by atoms with Gasteiger partial charge in [0.15, 0.2) is 0 Å². The standard InChI is InChI=1S/C16H16NO3P/c1-2-17-15-6-4-3-5-13(15)14-11-12(7-8-16(14)17)9-10-21(18,19)20/h3-11H,2H2,1H3,(H2,18,19,20). The molecule has 0 aliphatic carbocycles. The third-order valence-corrected chi connectivity index (χ3v) is 4.11. The van der Waals surface area contributed by atoms with Gasteiger partial charge in [-0.2, -0.15) is 0 Å². The lowest BCUT2D eigenvalue weighted by Gasteiger charge is -2.02. The van der Waals surface area contributed by atoms with Gasteiger partial charge in [-0.25, -0.2) is 0 Å². The van der Waals surface area contributed by atoms with Crippen LogP contribution < -0.4 is 0 Å². The Bertz CT molecular complexity index is 889. The second kappa shape index (κ2) is 5.15. The van der Waals surface area contributed by atoms with Crippen molar-refractivity contribution >= 4 is 35.5 Å². The molecular formula is C16H16NO3P. The van der Waals surface area contributed by atoms with Crippen LogP contribution >= 0.6 is 7.60 Å². The average Bonchev–Trinajstić information content (AvgIpc) is 2.77. The van der Waals surface area contributed by atoms with Crippen LogP contribution in [-0.2, 0) is 11.1 Å². The zero-order valence-electron chi connectivity index (χ0n) is 11.6. The van der Waals surface area contributed by atoms with Crippen LogP contribution in [0.15, 0.2) is 48.3 Å².